The molecule has 0 spiro atoms. The number of hydrogen-bond donors (Lipinski definition) is 2. The molecule has 3 N–H and O–H groups in total. The van der Waals surface area contributed by atoms with Gasteiger partial charge in [-0.25, -0.2) is 5.43 Å². The van der Waals surface area contributed by atoms with Crippen LogP contribution in [0.25, 0.3) is 0 Å². The number of pyridine rings is 1. The molecule has 1 aliphatic carbocycles. The summed E-state index contributed by atoms with van der Waals surface area (Å²) in [6.07, 6.45) is 7.69. The fourth-order valence-electron chi connectivity index (χ4n) is 2.97. The summed E-state index contributed by atoms with van der Waals surface area (Å²) in [6, 6.07) is 10.8. The molecule has 0 bridgehead atoms. The fraction of sp³-hybridized carbons (Fsp3) is 0.353. The van der Waals surface area contributed by atoms with Gasteiger partial charge >= 0.3 is 0 Å². The molecule has 0 aliphatic heterocycles. The van der Waals surface area contributed by atoms with E-state index in [2.05, 4.69) is 47.7 Å². The maximum absolute atomic E-state index is 5.84. The van der Waals surface area contributed by atoms with Crippen molar-refractivity contribution >= 4 is 0 Å². The lowest BCUT2D eigenvalue weighted by Crippen LogP contribution is -2.30. The smallest absolute Gasteiger partial charge is 0.0727 e. The van der Waals surface area contributed by atoms with Gasteiger partial charge in [-0.05, 0) is 47.9 Å². The molecule has 2 aromatic rings. The second kappa shape index (κ2) is 5.73. The minimum atomic E-state index is 0.0131. The van der Waals surface area contributed by atoms with Crippen LogP contribution in [0.4, 0.5) is 0 Å². The Bertz CT molecular complexity index is 590. The van der Waals surface area contributed by atoms with Crippen molar-refractivity contribution in [3.05, 3.63) is 65.0 Å². The molecular weight excluding hydrogens is 246 g/mol. The van der Waals surface area contributed by atoms with Crippen LogP contribution in [0.3, 0.4) is 0 Å². The molecule has 1 aromatic heterocycles. The van der Waals surface area contributed by atoms with Gasteiger partial charge in [0.1, 0.15) is 0 Å². The number of nitrogens with zero attached hydrogens (tertiary/aromatic N) is 1. The van der Waals surface area contributed by atoms with E-state index in [1.54, 1.807) is 0 Å². The molecular formula is C17H21N3. The highest BCUT2D eigenvalue weighted by atomic mass is 15.2. The van der Waals surface area contributed by atoms with Gasteiger partial charge in [-0.2, -0.15) is 0 Å². The maximum atomic E-state index is 5.84. The van der Waals surface area contributed by atoms with Crippen LogP contribution in [0.15, 0.2) is 42.7 Å². The maximum Gasteiger partial charge on any atom is 0.0727 e. The average Bonchev–Trinajstić information content (AvgIpc) is 2.40. The van der Waals surface area contributed by atoms with E-state index in [0.717, 1.165) is 11.1 Å². The Balaban J connectivity index is 2.01. The summed E-state index contributed by atoms with van der Waals surface area (Å²) < 4.78 is 0. The third-order valence-electron chi connectivity index (χ3n) is 4.25. The molecule has 3 heteroatoms. The number of hydrazine groups is 1. The summed E-state index contributed by atoms with van der Waals surface area (Å²) in [5.41, 5.74) is 7.96. The van der Waals surface area contributed by atoms with Gasteiger partial charge in [0.2, 0.25) is 0 Å². The molecule has 3 nitrogen and oxygen atoms in total. The highest BCUT2D eigenvalue weighted by Gasteiger charge is 2.25. The molecule has 0 amide bonds. The number of aromatic nitrogens is 1. The SMILES string of the molecule is Cc1cncc(C(NN)c2ccccc2C2CCC2)c1. The molecule has 1 heterocycles. The second-order valence-corrected chi connectivity index (χ2v) is 5.65. The van der Waals surface area contributed by atoms with Gasteiger partial charge in [0.15, 0.2) is 0 Å². The van der Waals surface area contributed by atoms with Crippen LogP contribution in [-0.4, -0.2) is 4.98 Å². The largest absolute Gasteiger partial charge is 0.271 e. The lowest BCUT2D eigenvalue weighted by molar-refractivity contribution is 0.414. The zero-order valence-electron chi connectivity index (χ0n) is 11.8. The van der Waals surface area contributed by atoms with Crippen molar-refractivity contribution < 1.29 is 0 Å². The van der Waals surface area contributed by atoms with Crippen LogP contribution in [0.5, 0.6) is 0 Å². The predicted octanol–water partition coefficient (Wildman–Crippen LogP) is 3.21. The van der Waals surface area contributed by atoms with E-state index in [-0.39, 0.29) is 6.04 Å². The first kappa shape index (κ1) is 13.3. The number of nitrogens with two attached hydrogens (primary N) is 1. The molecule has 1 saturated carbocycles. The fourth-order valence-corrected chi connectivity index (χ4v) is 2.97. The first-order valence-corrected chi connectivity index (χ1v) is 7.26. The van der Waals surface area contributed by atoms with Crippen LogP contribution >= 0.6 is 0 Å². The molecule has 1 aliphatic rings. The van der Waals surface area contributed by atoms with Gasteiger partial charge in [0.05, 0.1) is 6.04 Å². The van der Waals surface area contributed by atoms with E-state index in [1.165, 1.54) is 30.4 Å². The highest BCUT2D eigenvalue weighted by Crippen LogP contribution is 2.40. The normalized spacial score (nSPS) is 16.7. The Kier molecular flexibility index (Phi) is 3.81. The number of rotatable bonds is 4. The van der Waals surface area contributed by atoms with Crippen LogP contribution in [0.2, 0.25) is 0 Å². The third kappa shape index (κ3) is 2.47. The molecule has 3 rings (SSSR count). The Morgan fingerprint density at radius 1 is 1.25 bits per heavy atom. The van der Waals surface area contributed by atoms with Crippen molar-refractivity contribution in [2.75, 3.05) is 0 Å². The van der Waals surface area contributed by atoms with Gasteiger partial charge in [-0.1, -0.05) is 36.8 Å². The molecule has 1 fully saturated rings. The second-order valence-electron chi connectivity index (χ2n) is 5.65. The van der Waals surface area contributed by atoms with Crippen LogP contribution < -0.4 is 11.3 Å². The van der Waals surface area contributed by atoms with E-state index < -0.39 is 0 Å². The van der Waals surface area contributed by atoms with Crippen molar-refractivity contribution in [3.8, 4) is 0 Å². The molecule has 1 unspecified atom stereocenters. The predicted molar refractivity (Wildman–Crippen MR) is 81.2 cm³/mol. The summed E-state index contributed by atoms with van der Waals surface area (Å²) in [4.78, 5) is 4.29. The molecule has 104 valence electrons. The topological polar surface area (TPSA) is 50.9 Å². The van der Waals surface area contributed by atoms with E-state index in [4.69, 9.17) is 5.84 Å². The van der Waals surface area contributed by atoms with Crippen molar-refractivity contribution in [1.82, 2.24) is 10.4 Å². The van der Waals surface area contributed by atoms with Crippen LogP contribution in [-0.2, 0) is 0 Å². The summed E-state index contributed by atoms with van der Waals surface area (Å²) >= 11 is 0. The van der Waals surface area contributed by atoms with Gasteiger partial charge in [-0.3, -0.25) is 10.8 Å². The summed E-state index contributed by atoms with van der Waals surface area (Å²) in [5.74, 6) is 6.53. The highest BCUT2D eigenvalue weighted by molar-refractivity contribution is 5.39. The zero-order chi connectivity index (χ0) is 13.9. The van der Waals surface area contributed by atoms with Crippen LogP contribution in [0.1, 0.15) is 53.5 Å². The molecule has 1 aromatic carbocycles. The first-order chi connectivity index (χ1) is 9.79. The van der Waals surface area contributed by atoms with E-state index in [0.29, 0.717) is 5.92 Å². The number of aryl methyl sites for hydroxylation is 1. The Morgan fingerprint density at radius 3 is 2.70 bits per heavy atom. The Labute approximate surface area is 120 Å². The average molecular weight is 267 g/mol. The minimum Gasteiger partial charge on any atom is -0.271 e. The van der Waals surface area contributed by atoms with Crippen molar-refractivity contribution in [2.45, 2.75) is 38.1 Å². The lowest BCUT2D eigenvalue weighted by Gasteiger charge is -2.30. The van der Waals surface area contributed by atoms with Crippen LogP contribution in [0, 0.1) is 6.92 Å². The van der Waals surface area contributed by atoms with Crippen molar-refractivity contribution in [2.24, 2.45) is 5.84 Å². The van der Waals surface area contributed by atoms with Crippen molar-refractivity contribution in [3.63, 3.8) is 0 Å². The van der Waals surface area contributed by atoms with Gasteiger partial charge in [-0.15, -0.1) is 0 Å². The lowest BCUT2D eigenvalue weighted by atomic mass is 9.76. The molecule has 0 saturated heterocycles. The summed E-state index contributed by atoms with van der Waals surface area (Å²) in [6.45, 7) is 2.06. The number of benzene rings is 1. The molecule has 1 atom stereocenters. The third-order valence-corrected chi connectivity index (χ3v) is 4.25. The molecule has 20 heavy (non-hydrogen) atoms. The minimum absolute atomic E-state index is 0.0131. The van der Waals surface area contributed by atoms with E-state index in [1.807, 2.05) is 12.4 Å². The summed E-state index contributed by atoms with van der Waals surface area (Å²) in [7, 11) is 0. The quantitative estimate of drug-likeness (QED) is 0.660. The van der Waals surface area contributed by atoms with E-state index >= 15 is 0 Å². The zero-order valence-corrected chi connectivity index (χ0v) is 11.8. The van der Waals surface area contributed by atoms with Gasteiger partial charge in [0, 0.05) is 12.4 Å². The standard InChI is InChI=1S/C17H21N3/c1-12-9-14(11-19-10-12)17(20-18)16-8-3-2-7-15(16)13-5-4-6-13/h2-3,7-11,13,17,20H,4-6,18H2,1H3. The first-order valence-electron chi connectivity index (χ1n) is 7.26. The van der Waals surface area contributed by atoms with Gasteiger partial charge < -0.3 is 0 Å². The van der Waals surface area contributed by atoms with Gasteiger partial charge in [0.25, 0.3) is 0 Å². The summed E-state index contributed by atoms with van der Waals surface area (Å²) in [5, 5.41) is 0. The number of hydrogen-bond acceptors (Lipinski definition) is 3. The molecule has 0 radical (unpaired) electrons. The Hall–Kier alpha value is -1.71. The Morgan fingerprint density at radius 2 is 2.05 bits per heavy atom. The monoisotopic (exact) mass is 267 g/mol. The number of nitrogens with one attached hydrogen (secondary N) is 1. The van der Waals surface area contributed by atoms with Crippen molar-refractivity contribution in [1.29, 1.82) is 0 Å². The van der Waals surface area contributed by atoms with E-state index in [9.17, 15) is 0 Å².